The third kappa shape index (κ3) is 6.69. The van der Waals surface area contributed by atoms with Crippen LogP contribution >= 0.6 is 11.6 Å². The smallest absolute Gasteiger partial charge is 0.331 e. The van der Waals surface area contributed by atoms with E-state index >= 15 is 0 Å². The van der Waals surface area contributed by atoms with Crippen molar-refractivity contribution in [2.45, 2.75) is 0 Å². The van der Waals surface area contributed by atoms with Crippen molar-refractivity contribution in [2.75, 3.05) is 7.11 Å². The summed E-state index contributed by atoms with van der Waals surface area (Å²) in [7, 11) is 1.30. The van der Waals surface area contributed by atoms with Gasteiger partial charge in [-0.05, 0) is 12.2 Å². The molecule has 0 amide bonds. The van der Waals surface area contributed by atoms with Crippen molar-refractivity contribution in [1.29, 1.82) is 0 Å². The predicted octanol–water partition coefficient (Wildman–Crippen LogP) is 1.47. The van der Waals surface area contributed by atoms with Crippen molar-refractivity contribution < 1.29 is 9.53 Å². The first-order valence-electron chi connectivity index (χ1n) is 2.82. The van der Waals surface area contributed by atoms with Gasteiger partial charge in [0.15, 0.2) is 0 Å². The second-order valence-corrected chi connectivity index (χ2v) is 1.69. The maximum Gasteiger partial charge on any atom is 0.331 e. The Balaban J connectivity index is 3.79. The van der Waals surface area contributed by atoms with Crippen LogP contribution in [-0.2, 0) is 9.53 Å². The molecule has 0 aromatic carbocycles. The normalized spacial score (nSPS) is 9.64. The summed E-state index contributed by atoms with van der Waals surface area (Å²) in [5.41, 5.74) is 1.29. The standard InChI is InChI=1S/C8H7ClO2/c1-11-8(10)6-4-2-3-5-7-9/h4-7H,1H3/b6-4-,7-5+. The molecule has 0 saturated carbocycles. The minimum absolute atomic E-state index is 0.422. The van der Waals surface area contributed by atoms with Crippen LogP contribution in [0.1, 0.15) is 0 Å². The van der Waals surface area contributed by atoms with E-state index in [2.05, 4.69) is 16.6 Å². The second-order valence-electron chi connectivity index (χ2n) is 1.44. The van der Waals surface area contributed by atoms with Crippen LogP contribution in [0.15, 0.2) is 23.8 Å². The molecule has 0 radical (unpaired) electrons. The lowest BCUT2D eigenvalue weighted by atomic mass is 10.5. The summed E-state index contributed by atoms with van der Waals surface area (Å²) in [6, 6.07) is 0. The quantitative estimate of drug-likeness (QED) is 0.339. The average molecular weight is 171 g/mol. The molecule has 0 aliphatic heterocycles. The fraction of sp³-hybridized carbons (Fsp3) is 0.125. The number of rotatable bonds is 1. The lowest BCUT2D eigenvalue weighted by Gasteiger charge is -1.84. The first-order chi connectivity index (χ1) is 5.31. The average Bonchev–Trinajstić information content (AvgIpc) is 2.04. The Morgan fingerprint density at radius 2 is 2.09 bits per heavy atom. The largest absolute Gasteiger partial charge is 0.466 e. The van der Waals surface area contributed by atoms with Gasteiger partial charge < -0.3 is 4.74 Å². The Labute approximate surface area is 70.5 Å². The summed E-state index contributed by atoms with van der Waals surface area (Å²) < 4.78 is 4.32. The van der Waals surface area contributed by atoms with Gasteiger partial charge in [-0.2, -0.15) is 0 Å². The molecule has 58 valence electrons. The van der Waals surface area contributed by atoms with Crippen LogP contribution in [-0.4, -0.2) is 13.1 Å². The second kappa shape index (κ2) is 6.91. The van der Waals surface area contributed by atoms with Crippen LogP contribution < -0.4 is 0 Å². The first-order valence-corrected chi connectivity index (χ1v) is 3.25. The minimum Gasteiger partial charge on any atom is -0.466 e. The first kappa shape index (κ1) is 9.80. The number of hydrogen-bond acceptors (Lipinski definition) is 2. The van der Waals surface area contributed by atoms with Crippen LogP contribution in [0.5, 0.6) is 0 Å². The molecule has 0 unspecified atom stereocenters. The highest BCUT2D eigenvalue weighted by molar-refractivity contribution is 6.25. The van der Waals surface area contributed by atoms with Gasteiger partial charge in [0.05, 0.1) is 7.11 Å². The van der Waals surface area contributed by atoms with E-state index in [1.165, 1.54) is 30.9 Å². The van der Waals surface area contributed by atoms with E-state index in [4.69, 9.17) is 11.6 Å². The zero-order chi connectivity index (χ0) is 8.53. The van der Waals surface area contributed by atoms with Gasteiger partial charge in [0.25, 0.3) is 0 Å². The molecule has 0 aromatic rings. The van der Waals surface area contributed by atoms with E-state index in [9.17, 15) is 4.79 Å². The van der Waals surface area contributed by atoms with Gasteiger partial charge in [-0.3, -0.25) is 0 Å². The molecule has 3 heteroatoms. The Morgan fingerprint density at radius 3 is 2.64 bits per heavy atom. The van der Waals surface area contributed by atoms with Gasteiger partial charge in [0.1, 0.15) is 0 Å². The van der Waals surface area contributed by atoms with Crippen molar-refractivity contribution in [1.82, 2.24) is 0 Å². The number of carbonyl (C=O) groups is 1. The van der Waals surface area contributed by atoms with Crippen molar-refractivity contribution in [3.63, 3.8) is 0 Å². The Morgan fingerprint density at radius 1 is 1.45 bits per heavy atom. The van der Waals surface area contributed by atoms with E-state index in [-0.39, 0.29) is 0 Å². The fourth-order valence-electron chi connectivity index (χ4n) is 0.305. The summed E-state index contributed by atoms with van der Waals surface area (Å²) >= 11 is 5.17. The number of ether oxygens (including phenoxy) is 1. The van der Waals surface area contributed by atoms with E-state index in [1.54, 1.807) is 0 Å². The molecule has 0 aromatic heterocycles. The number of allylic oxidation sites excluding steroid dienone is 2. The van der Waals surface area contributed by atoms with Gasteiger partial charge in [-0.1, -0.05) is 23.4 Å². The number of carbonyl (C=O) groups excluding carboxylic acids is 1. The summed E-state index contributed by atoms with van der Waals surface area (Å²) in [6.07, 6.45) is 4.08. The van der Waals surface area contributed by atoms with E-state index in [0.717, 1.165) is 0 Å². The van der Waals surface area contributed by atoms with Gasteiger partial charge in [0.2, 0.25) is 0 Å². The van der Waals surface area contributed by atoms with Gasteiger partial charge in [-0.15, -0.1) is 0 Å². The molecular weight excluding hydrogens is 164 g/mol. The van der Waals surface area contributed by atoms with E-state index in [0.29, 0.717) is 0 Å². The highest BCUT2D eigenvalue weighted by Crippen LogP contribution is 1.77. The van der Waals surface area contributed by atoms with Crippen LogP contribution in [0.2, 0.25) is 0 Å². The van der Waals surface area contributed by atoms with Crippen molar-refractivity contribution in [3.05, 3.63) is 23.8 Å². The number of halogens is 1. The highest BCUT2D eigenvalue weighted by Gasteiger charge is 1.85. The summed E-state index contributed by atoms with van der Waals surface area (Å²) in [6.45, 7) is 0. The van der Waals surface area contributed by atoms with Crippen LogP contribution in [0.4, 0.5) is 0 Å². The van der Waals surface area contributed by atoms with Gasteiger partial charge >= 0.3 is 5.97 Å². The molecule has 0 rings (SSSR count). The molecule has 0 saturated heterocycles. The minimum atomic E-state index is -0.422. The molecule has 0 aliphatic rings. The van der Waals surface area contributed by atoms with Crippen LogP contribution in [0.3, 0.4) is 0 Å². The van der Waals surface area contributed by atoms with Crippen LogP contribution in [0.25, 0.3) is 0 Å². The van der Waals surface area contributed by atoms with Gasteiger partial charge in [-0.25, -0.2) is 4.79 Å². The lowest BCUT2D eigenvalue weighted by molar-refractivity contribution is -0.134. The maximum absolute atomic E-state index is 10.4. The molecule has 11 heavy (non-hydrogen) atoms. The summed E-state index contributed by atoms with van der Waals surface area (Å²) in [5.74, 6) is 4.68. The number of esters is 1. The topological polar surface area (TPSA) is 26.3 Å². The van der Waals surface area contributed by atoms with Crippen molar-refractivity contribution in [3.8, 4) is 11.8 Å². The Kier molecular flexibility index (Phi) is 6.16. The molecular formula is C8H7ClO2. The highest BCUT2D eigenvalue weighted by atomic mass is 35.5. The van der Waals surface area contributed by atoms with Crippen molar-refractivity contribution in [2.24, 2.45) is 0 Å². The lowest BCUT2D eigenvalue weighted by Crippen LogP contribution is -1.92. The number of methoxy groups -OCH3 is 1. The van der Waals surface area contributed by atoms with Crippen molar-refractivity contribution >= 4 is 17.6 Å². The molecule has 0 N–H and O–H groups in total. The monoisotopic (exact) mass is 170 g/mol. The maximum atomic E-state index is 10.4. The zero-order valence-electron chi connectivity index (χ0n) is 6.00. The summed E-state index contributed by atoms with van der Waals surface area (Å²) in [5, 5.41) is 0. The fourth-order valence-corrected chi connectivity index (χ4v) is 0.368. The third-order valence-electron chi connectivity index (χ3n) is 0.734. The molecule has 2 nitrogen and oxygen atoms in total. The zero-order valence-corrected chi connectivity index (χ0v) is 6.76. The molecule has 0 fully saturated rings. The molecule has 0 bridgehead atoms. The molecule has 0 spiro atoms. The Hall–Kier alpha value is -1.20. The van der Waals surface area contributed by atoms with E-state index < -0.39 is 5.97 Å². The summed E-state index contributed by atoms with van der Waals surface area (Å²) in [4.78, 5) is 10.4. The van der Waals surface area contributed by atoms with E-state index in [1.807, 2.05) is 0 Å². The third-order valence-corrected chi connectivity index (χ3v) is 0.860. The molecule has 0 aliphatic carbocycles. The predicted molar refractivity (Wildman–Crippen MR) is 43.9 cm³/mol. The SMILES string of the molecule is COC(=O)/C=C\C#C/C=C/Cl. The van der Waals surface area contributed by atoms with Gasteiger partial charge in [0, 0.05) is 11.6 Å². The molecule has 0 heterocycles. The Bertz CT molecular complexity index is 230. The van der Waals surface area contributed by atoms with Crippen LogP contribution in [0, 0.1) is 11.8 Å². The number of hydrogen-bond donors (Lipinski definition) is 0. The molecule has 0 atom stereocenters.